The van der Waals surface area contributed by atoms with E-state index < -0.39 is 0 Å². The highest BCUT2D eigenvalue weighted by Crippen LogP contribution is 2.39. The number of hydrogen-bond donors (Lipinski definition) is 0. The molecule has 0 radical (unpaired) electrons. The summed E-state index contributed by atoms with van der Waals surface area (Å²) in [6.45, 7) is 5.10. The first-order valence-electron chi connectivity index (χ1n) is 9.79. The molecular formula is C20H23N5O3. The lowest BCUT2D eigenvalue weighted by Crippen LogP contribution is -2.49. The Hall–Kier alpha value is -2.90. The van der Waals surface area contributed by atoms with E-state index >= 15 is 0 Å². The normalized spacial score (nSPS) is 21.2. The highest BCUT2D eigenvalue weighted by atomic mass is 16.5. The first kappa shape index (κ1) is 17.2. The summed E-state index contributed by atoms with van der Waals surface area (Å²) < 4.78 is 7.44. The topological polar surface area (TPSA) is 80.6 Å². The van der Waals surface area contributed by atoms with Gasteiger partial charge in [0.15, 0.2) is 12.4 Å². The molecule has 0 unspecified atom stereocenters. The molecule has 3 aliphatic rings. The molecule has 0 N–H and O–H groups in total. The van der Waals surface area contributed by atoms with E-state index in [4.69, 9.17) is 9.72 Å². The molecule has 146 valence electrons. The van der Waals surface area contributed by atoms with Gasteiger partial charge in [0, 0.05) is 12.5 Å². The van der Waals surface area contributed by atoms with E-state index in [1.807, 2.05) is 36.7 Å². The number of aromatic nitrogens is 3. The SMILES string of the molecule is Cc1ccc2c(c1)N(CC(=O)N1CCn3nc(C4CC4)nc3[C@H]1C)C(=O)CO2. The van der Waals surface area contributed by atoms with Gasteiger partial charge in [-0.1, -0.05) is 6.07 Å². The van der Waals surface area contributed by atoms with Gasteiger partial charge < -0.3 is 9.64 Å². The van der Waals surface area contributed by atoms with Crippen LogP contribution in [0.4, 0.5) is 5.69 Å². The molecule has 1 fully saturated rings. The third kappa shape index (κ3) is 2.83. The molecule has 3 heterocycles. The monoisotopic (exact) mass is 381 g/mol. The van der Waals surface area contributed by atoms with Crippen LogP contribution in [0, 0.1) is 6.92 Å². The third-order valence-electron chi connectivity index (χ3n) is 5.72. The molecule has 1 aliphatic carbocycles. The number of benzene rings is 1. The Bertz CT molecular complexity index is 965. The average molecular weight is 381 g/mol. The summed E-state index contributed by atoms with van der Waals surface area (Å²) >= 11 is 0. The van der Waals surface area contributed by atoms with E-state index in [1.165, 1.54) is 4.90 Å². The van der Waals surface area contributed by atoms with Gasteiger partial charge in [0.05, 0.1) is 18.3 Å². The Balaban J connectivity index is 1.37. The predicted octanol–water partition coefficient (Wildman–Crippen LogP) is 1.79. The van der Waals surface area contributed by atoms with Crippen LogP contribution in [0.1, 0.15) is 48.9 Å². The number of anilines is 1. The van der Waals surface area contributed by atoms with Crippen LogP contribution in [0.3, 0.4) is 0 Å². The fourth-order valence-corrected chi connectivity index (χ4v) is 3.95. The maximum Gasteiger partial charge on any atom is 0.265 e. The van der Waals surface area contributed by atoms with Crippen molar-refractivity contribution >= 4 is 17.5 Å². The van der Waals surface area contributed by atoms with Crippen molar-refractivity contribution in [3.63, 3.8) is 0 Å². The van der Waals surface area contributed by atoms with E-state index in [-0.39, 0.29) is 31.0 Å². The van der Waals surface area contributed by atoms with Gasteiger partial charge in [-0.05, 0) is 44.4 Å². The Morgan fingerprint density at radius 3 is 2.89 bits per heavy atom. The largest absolute Gasteiger partial charge is 0.482 e. The number of aryl methyl sites for hydroxylation is 1. The number of carbonyl (C=O) groups is 2. The minimum atomic E-state index is -0.199. The lowest BCUT2D eigenvalue weighted by Gasteiger charge is -2.35. The Morgan fingerprint density at radius 1 is 1.29 bits per heavy atom. The zero-order valence-electron chi connectivity index (χ0n) is 16.1. The van der Waals surface area contributed by atoms with Crippen LogP contribution in [-0.2, 0) is 16.1 Å². The quantitative estimate of drug-likeness (QED) is 0.810. The van der Waals surface area contributed by atoms with Gasteiger partial charge in [-0.2, -0.15) is 5.10 Å². The summed E-state index contributed by atoms with van der Waals surface area (Å²) in [5, 5.41) is 4.61. The number of fused-ring (bicyclic) bond motifs is 2. The molecule has 2 aliphatic heterocycles. The van der Waals surface area contributed by atoms with Crippen molar-refractivity contribution < 1.29 is 14.3 Å². The van der Waals surface area contributed by atoms with Crippen molar-refractivity contribution in [3.05, 3.63) is 35.4 Å². The van der Waals surface area contributed by atoms with Gasteiger partial charge >= 0.3 is 0 Å². The number of hydrogen-bond acceptors (Lipinski definition) is 5. The van der Waals surface area contributed by atoms with Crippen molar-refractivity contribution in [2.45, 2.75) is 45.2 Å². The van der Waals surface area contributed by atoms with Crippen LogP contribution in [-0.4, -0.2) is 51.2 Å². The fourth-order valence-electron chi connectivity index (χ4n) is 3.95. The van der Waals surface area contributed by atoms with Crippen LogP contribution in [0.15, 0.2) is 18.2 Å². The Kier molecular flexibility index (Phi) is 3.89. The van der Waals surface area contributed by atoms with Gasteiger partial charge in [0.1, 0.15) is 18.1 Å². The van der Waals surface area contributed by atoms with E-state index in [2.05, 4.69) is 5.10 Å². The molecule has 1 aromatic carbocycles. The van der Waals surface area contributed by atoms with Gasteiger partial charge in [0.25, 0.3) is 5.91 Å². The van der Waals surface area contributed by atoms with Crippen molar-refractivity contribution in [3.8, 4) is 5.75 Å². The highest BCUT2D eigenvalue weighted by Gasteiger charge is 2.36. The first-order chi connectivity index (χ1) is 13.5. The van der Waals surface area contributed by atoms with E-state index in [9.17, 15) is 9.59 Å². The second-order valence-corrected chi connectivity index (χ2v) is 7.83. The summed E-state index contributed by atoms with van der Waals surface area (Å²) in [4.78, 5) is 33.6. The molecule has 2 amide bonds. The minimum Gasteiger partial charge on any atom is -0.482 e. The summed E-state index contributed by atoms with van der Waals surface area (Å²) in [5.41, 5.74) is 1.68. The van der Waals surface area contributed by atoms with E-state index in [0.29, 0.717) is 30.4 Å². The molecule has 8 nitrogen and oxygen atoms in total. The standard InChI is InChI=1S/C20H23N5O3/c1-12-3-6-16-15(9-12)24(18(27)11-28-16)10-17(26)23-7-8-25-20(13(23)2)21-19(22-25)14-4-5-14/h3,6,9,13-14H,4-5,7-8,10-11H2,1-2H3/t13-/m1/s1. The van der Waals surface area contributed by atoms with Crippen LogP contribution in [0.5, 0.6) is 5.75 Å². The lowest BCUT2D eigenvalue weighted by atomic mass is 10.1. The summed E-state index contributed by atoms with van der Waals surface area (Å²) in [7, 11) is 0. The van der Waals surface area contributed by atoms with Gasteiger partial charge in [-0.3, -0.25) is 14.5 Å². The van der Waals surface area contributed by atoms with Crippen LogP contribution < -0.4 is 9.64 Å². The summed E-state index contributed by atoms with van der Waals surface area (Å²) in [6, 6.07) is 5.51. The summed E-state index contributed by atoms with van der Waals surface area (Å²) in [5.74, 6) is 2.58. The van der Waals surface area contributed by atoms with Crippen LogP contribution in [0.2, 0.25) is 0 Å². The number of ether oxygens (including phenoxy) is 1. The zero-order valence-corrected chi connectivity index (χ0v) is 16.1. The number of rotatable bonds is 3. The number of carbonyl (C=O) groups excluding carboxylic acids is 2. The molecule has 0 bridgehead atoms. The van der Waals surface area contributed by atoms with E-state index in [0.717, 1.165) is 30.1 Å². The fraction of sp³-hybridized carbons (Fsp3) is 0.500. The minimum absolute atomic E-state index is 0.00655. The third-order valence-corrected chi connectivity index (χ3v) is 5.72. The lowest BCUT2D eigenvalue weighted by molar-refractivity contribution is -0.134. The van der Waals surface area contributed by atoms with Crippen molar-refractivity contribution in [2.24, 2.45) is 0 Å². The molecule has 5 rings (SSSR count). The van der Waals surface area contributed by atoms with Crippen molar-refractivity contribution in [1.29, 1.82) is 0 Å². The number of nitrogens with zero attached hydrogens (tertiary/aromatic N) is 5. The van der Waals surface area contributed by atoms with Crippen molar-refractivity contribution in [1.82, 2.24) is 19.7 Å². The highest BCUT2D eigenvalue weighted by molar-refractivity contribution is 6.02. The molecule has 28 heavy (non-hydrogen) atoms. The maximum absolute atomic E-state index is 13.1. The van der Waals surface area contributed by atoms with E-state index in [1.54, 1.807) is 4.90 Å². The maximum atomic E-state index is 13.1. The zero-order chi connectivity index (χ0) is 19.4. The molecule has 2 aromatic rings. The molecule has 1 aromatic heterocycles. The van der Waals surface area contributed by atoms with Crippen LogP contribution >= 0.6 is 0 Å². The van der Waals surface area contributed by atoms with Gasteiger partial charge in [-0.25, -0.2) is 9.67 Å². The Morgan fingerprint density at radius 2 is 2.11 bits per heavy atom. The Labute approximate surface area is 163 Å². The van der Waals surface area contributed by atoms with Gasteiger partial charge in [-0.15, -0.1) is 0 Å². The average Bonchev–Trinajstić information content (AvgIpc) is 3.43. The summed E-state index contributed by atoms with van der Waals surface area (Å²) in [6.07, 6.45) is 2.30. The second kappa shape index (κ2) is 6.32. The number of amides is 2. The molecule has 8 heteroatoms. The predicted molar refractivity (Wildman–Crippen MR) is 101 cm³/mol. The molecule has 0 spiro atoms. The first-order valence-corrected chi connectivity index (χ1v) is 9.79. The van der Waals surface area contributed by atoms with Crippen LogP contribution in [0.25, 0.3) is 0 Å². The van der Waals surface area contributed by atoms with Crippen molar-refractivity contribution in [2.75, 3.05) is 24.6 Å². The second-order valence-electron chi connectivity index (χ2n) is 7.83. The molecule has 0 saturated heterocycles. The molecular weight excluding hydrogens is 358 g/mol. The molecule has 1 atom stereocenters. The van der Waals surface area contributed by atoms with Gasteiger partial charge in [0.2, 0.25) is 5.91 Å². The smallest absolute Gasteiger partial charge is 0.265 e. The molecule has 1 saturated carbocycles.